The van der Waals surface area contributed by atoms with Gasteiger partial charge in [-0.3, -0.25) is 4.68 Å². The molecule has 0 bridgehead atoms. The van der Waals surface area contributed by atoms with Crippen molar-refractivity contribution < 1.29 is 9.50 Å². The largest absolute Gasteiger partial charge is 0.505 e. The van der Waals surface area contributed by atoms with E-state index in [-0.39, 0.29) is 5.75 Å². The number of nitrogens with zero attached hydrogens (tertiary/aromatic N) is 2. The molecule has 18 heavy (non-hydrogen) atoms. The molecule has 0 spiro atoms. The van der Waals surface area contributed by atoms with Crippen molar-refractivity contribution >= 4 is 5.69 Å². The molecular formula is C13H16FN3O. The van der Waals surface area contributed by atoms with Crippen molar-refractivity contribution in [1.29, 1.82) is 0 Å². The Hall–Kier alpha value is -2.04. The molecule has 96 valence electrons. The fraction of sp³-hybridized carbons (Fsp3) is 0.308. The number of nitrogens with one attached hydrogen (secondary N) is 1. The summed E-state index contributed by atoms with van der Waals surface area (Å²) in [5.41, 5.74) is 1.65. The number of phenolic OH excluding ortho intramolecular Hbond substituents is 1. The molecule has 0 aliphatic rings. The molecule has 5 heteroatoms. The summed E-state index contributed by atoms with van der Waals surface area (Å²) < 4.78 is 15.0. The highest BCUT2D eigenvalue weighted by molar-refractivity contribution is 5.47. The zero-order valence-corrected chi connectivity index (χ0v) is 10.4. The van der Waals surface area contributed by atoms with Crippen LogP contribution in [0.1, 0.15) is 25.5 Å². The van der Waals surface area contributed by atoms with E-state index in [0.29, 0.717) is 18.3 Å². The Morgan fingerprint density at radius 2 is 2.22 bits per heavy atom. The van der Waals surface area contributed by atoms with Gasteiger partial charge in [0.25, 0.3) is 0 Å². The van der Waals surface area contributed by atoms with E-state index in [2.05, 4.69) is 24.3 Å². The third-order valence-corrected chi connectivity index (χ3v) is 2.63. The predicted octanol–water partition coefficient (Wildman–Crippen LogP) is 2.92. The Bertz CT molecular complexity index is 537. The molecule has 0 aliphatic heterocycles. The Balaban J connectivity index is 2.00. The van der Waals surface area contributed by atoms with Gasteiger partial charge in [0.1, 0.15) is 0 Å². The van der Waals surface area contributed by atoms with Crippen LogP contribution in [0.25, 0.3) is 0 Å². The van der Waals surface area contributed by atoms with Gasteiger partial charge in [-0.2, -0.15) is 5.10 Å². The van der Waals surface area contributed by atoms with Crippen LogP contribution in [0, 0.1) is 5.82 Å². The zero-order chi connectivity index (χ0) is 13.1. The molecule has 0 amide bonds. The summed E-state index contributed by atoms with van der Waals surface area (Å²) in [4.78, 5) is 0. The fourth-order valence-corrected chi connectivity index (χ4v) is 1.57. The molecule has 0 unspecified atom stereocenters. The molecular weight excluding hydrogens is 233 g/mol. The Labute approximate surface area is 105 Å². The molecule has 0 fully saturated rings. The average molecular weight is 249 g/mol. The number of benzene rings is 1. The summed E-state index contributed by atoms with van der Waals surface area (Å²) in [6.07, 6.45) is 3.73. The van der Waals surface area contributed by atoms with Gasteiger partial charge < -0.3 is 10.4 Å². The van der Waals surface area contributed by atoms with Gasteiger partial charge in [-0.1, -0.05) is 0 Å². The van der Waals surface area contributed by atoms with E-state index in [1.165, 1.54) is 12.1 Å². The number of aromatic nitrogens is 2. The van der Waals surface area contributed by atoms with Gasteiger partial charge in [0, 0.05) is 36.1 Å². The lowest BCUT2D eigenvalue weighted by Gasteiger charge is -2.06. The summed E-state index contributed by atoms with van der Waals surface area (Å²) in [5.74, 6) is -0.967. The topological polar surface area (TPSA) is 50.1 Å². The van der Waals surface area contributed by atoms with E-state index in [0.717, 1.165) is 5.56 Å². The number of hydrogen-bond acceptors (Lipinski definition) is 3. The third-order valence-electron chi connectivity index (χ3n) is 2.63. The highest BCUT2D eigenvalue weighted by Gasteiger charge is 2.03. The van der Waals surface area contributed by atoms with Crippen LogP contribution in [0.15, 0.2) is 30.6 Å². The van der Waals surface area contributed by atoms with Gasteiger partial charge in [0.15, 0.2) is 11.6 Å². The van der Waals surface area contributed by atoms with Crippen molar-refractivity contribution in [3.8, 4) is 5.75 Å². The molecule has 0 saturated carbocycles. The van der Waals surface area contributed by atoms with Gasteiger partial charge in [0.2, 0.25) is 0 Å². The summed E-state index contributed by atoms with van der Waals surface area (Å²) >= 11 is 0. The van der Waals surface area contributed by atoms with Crippen LogP contribution < -0.4 is 5.32 Å². The molecule has 0 atom stereocenters. The SMILES string of the molecule is CC(C)n1cc(CNc2ccc(O)c(F)c2)cn1. The average Bonchev–Trinajstić information content (AvgIpc) is 2.79. The molecule has 0 saturated heterocycles. The maximum atomic E-state index is 13.1. The van der Waals surface area contributed by atoms with E-state index in [9.17, 15) is 4.39 Å². The zero-order valence-electron chi connectivity index (χ0n) is 10.4. The fourth-order valence-electron chi connectivity index (χ4n) is 1.57. The van der Waals surface area contributed by atoms with Crippen molar-refractivity contribution in [3.63, 3.8) is 0 Å². The lowest BCUT2D eigenvalue weighted by molar-refractivity contribution is 0.432. The van der Waals surface area contributed by atoms with Crippen LogP contribution in [-0.2, 0) is 6.54 Å². The first-order valence-electron chi connectivity index (χ1n) is 5.81. The number of anilines is 1. The molecule has 2 aromatic rings. The van der Waals surface area contributed by atoms with E-state index in [4.69, 9.17) is 5.11 Å². The molecule has 0 aliphatic carbocycles. The van der Waals surface area contributed by atoms with Crippen molar-refractivity contribution in [2.45, 2.75) is 26.4 Å². The van der Waals surface area contributed by atoms with Crippen LogP contribution in [0.3, 0.4) is 0 Å². The lowest BCUT2D eigenvalue weighted by atomic mass is 10.2. The van der Waals surface area contributed by atoms with Crippen LogP contribution in [-0.4, -0.2) is 14.9 Å². The summed E-state index contributed by atoms with van der Waals surface area (Å²) in [6, 6.07) is 4.55. The Morgan fingerprint density at radius 1 is 1.44 bits per heavy atom. The smallest absolute Gasteiger partial charge is 0.166 e. The van der Waals surface area contributed by atoms with Gasteiger partial charge in [-0.25, -0.2) is 4.39 Å². The first-order valence-corrected chi connectivity index (χ1v) is 5.81. The molecule has 4 nitrogen and oxygen atoms in total. The van der Waals surface area contributed by atoms with Crippen molar-refractivity contribution in [2.75, 3.05) is 5.32 Å². The van der Waals surface area contributed by atoms with Crippen LogP contribution in [0.5, 0.6) is 5.75 Å². The van der Waals surface area contributed by atoms with E-state index >= 15 is 0 Å². The van der Waals surface area contributed by atoms with Crippen LogP contribution >= 0.6 is 0 Å². The summed E-state index contributed by atoms with van der Waals surface area (Å²) in [7, 11) is 0. The number of hydrogen-bond donors (Lipinski definition) is 2. The maximum absolute atomic E-state index is 13.1. The summed E-state index contributed by atoms with van der Waals surface area (Å²) in [6.45, 7) is 4.68. The predicted molar refractivity (Wildman–Crippen MR) is 68.0 cm³/mol. The second kappa shape index (κ2) is 5.08. The number of halogens is 1. The number of phenols is 1. The lowest BCUT2D eigenvalue weighted by Crippen LogP contribution is -2.01. The van der Waals surface area contributed by atoms with Gasteiger partial charge >= 0.3 is 0 Å². The monoisotopic (exact) mass is 249 g/mol. The standard InChI is InChI=1S/C13H16FN3O/c1-9(2)17-8-10(7-16-17)6-15-11-3-4-13(18)12(14)5-11/h3-5,7-9,15,18H,6H2,1-2H3. The number of rotatable bonds is 4. The molecule has 0 radical (unpaired) electrons. The van der Waals surface area contributed by atoms with E-state index in [1.807, 2.05) is 10.9 Å². The highest BCUT2D eigenvalue weighted by atomic mass is 19.1. The molecule has 1 aromatic heterocycles. The van der Waals surface area contributed by atoms with Crippen LogP contribution in [0.2, 0.25) is 0 Å². The molecule has 1 heterocycles. The minimum absolute atomic E-state index is 0.324. The van der Waals surface area contributed by atoms with Gasteiger partial charge in [0.05, 0.1) is 6.20 Å². The minimum Gasteiger partial charge on any atom is -0.505 e. The minimum atomic E-state index is -0.627. The molecule has 2 N–H and O–H groups in total. The maximum Gasteiger partial charge on any atom is 0.166 e. The second-order valence-electron chi connectivity index (χ2n) is 4.44. The van der Waals surface area contributed by atoms with Gasteiger partial charge in [-0.15, -0.1) is 0 Å². The third kappa shape index (κ3) is 2.80. The Morgan fingerprint density at radius 3 is 2.83 bits per heavy atom. The van der Waals surface area contributed by atoms with Gasteiger partial charge in [-0.05, 0) is 26.0 Å². The quantitative estimate of drug-likeness (QED) is 0.819. The molecule has 2 rings (SSSR count). The highest BCUT2D eigenvalue weighted by Crippen LogP contribution is 2.19. The van der Waals surface area contributed by atoms with E-state index < -0.39 is 5.82 Å². The Kier molecular flexibility index (Phi) is 3.50. The normalized spacial score (nSPS) is 10.9. The number of aromatic hydroxyl groups is 1. The first-order chi connectivity index (χ1) is 8.56. The summed E-state index contributed by atoms with van der Waals surface area (Å²) in [5, 5.41) is 16.4. The second-order valence-corrected chi connectivity index (χ2v) is 4.44. The van der Waals surface area contributed by atoms with Crippen molar-refractivity contribution in [2.24, 2.45) is 0 Å². The van der Waals surface area contributed by atoms with E-state index in [1.54, 1.807) is 12.3 Å². The van der Waals surface area contributed by atoms with Crippen molar-refractivity contribution in [1.82, 2.24) is 9.78 Å². The molecule has 1 aromatic carbocycles. The van der Waals surface area contributed by atoms with Crippen molar-refractivity contribution in [3.05, 3.63) is 42.0 Å². The van der Waals surface area contributed by atoms with Crippen LogP contribution in [0.4, 0.5) is 10.1 Å². The first kappa shape index (κ1) is 12.4.